The Kier molecular flexibility index (Phi) is 13.1. The maximum Gasteiger partial charge on any atom is 0.139 e. The van der Waals surface area contributed by atoms with Crippen molar-refractivity contribution in [1.29, 1.82) is 0 Å². The molecule has 3 aliphatic rings. The number of hydrogen-bond donors (Lipinski definition) is 0. The molecule has 346 valence electrons. The summed E-state index contributed by atoms with van der Waals surface area (Å²) in [4.78, 5) is 0. The number of fused-ring (bicyclic) bond motifs is 5. The molecule has 0 bridgehead atoms. The van der Waals surface area contributed by atoms with Gasteiger partial charge in [0.1, 0.15) is 17.2 Å². The predicted molar refractivity (Wildman–Crippen MR) is 307 cm³/mol. The van der Waals surface area contributed by atoms with Gasteiger partial charge in [0.05, 0.1) is 6.26 Å². The third-order valence-corrected chi connectivity index (χ3v) is 20.9. The molecule has 0 radical (unpaired) electrons. The Labute approximate surface area is 423 Å². The molecule has 0 N–H and O–H groups in total. The lowest BCUT2D eigenvalue weighted by Gasteiger charge is -2.38. The highest BCUT2D eigenvalue weighted by Gasteiger charge is 2.39. The monoisotopic (exact) mass is 972 g/mol. The van der Waals surface area contributed by atoms with Crippen LogP contribution in [0.4, 0.5) is 0 Å². The second-order valence-electron chi connectivity index (χ2n) is 19.1. The van der Waals surface area contributed by atoms with Gasteiger partial charge in [-0.1, -0.05) is 276 Å². The maximum absolute atomic E-state index is 7.26. The molecule has 0 unspecified atom stereocenters. The fourth-order valence-corrected chi connectivity index (χ4v) is 17.3. The van der Waals surface area contributed by atoms with E-state index in [1.807, 2.05) is 6.26 Å². The quantitative estimate of drug-likeness (QED) is 0.134. The smallest absolute Gasteiger partial charge is 0.139 e. The Morgan fingerprint density at radius 3 is 1.11 bits per heavy atom. The van der Waals surface area contributed by atoms with E-state index in [0.717, 1.165) is 22.8 Å². The van der Waals surface area contributed by atoms with Crippen LogP contribution in [-0.4, -0.2) is 0 Å². The zero-order valence-electron chi connectivity index (χ0n) is 40.5. The molecular formula is C66H55O2P3. The van der Waals surface area contributed by atoms with Crippen molar-refractivity contribution in [2.24, 2.45) is 5.41 Å². The molecule has 2 nitrogen and oxygen atoms in total. The van der Waals surface area contributed by atoms with Gasteiger partial charge in [-0.2, -0.15) is 0 Å². The van der Waals surface area contributed by atoms with Crippen LogP contribution >= 0.6 is 23.8 Å². The number of allylic oxidation sites excluding steroid dienone is 5. The van der Waals surface area contributed by atoms with Gasteiger partial charge in [0, 0.05) is 43.7 Å². The second kappa shape index (κ2) is 20.1. The minimum atomic E-state index is -0.824. The van der Waals surface area contributed by atoms with E-state index in [1.165, 1.54) is 70.0 Å². The number of ether oxygens (including phenoxy) is 2. The average Bonchev–Trinajstić information content (AvgIpc) is 3.41. The molecule has 0 amide bonds. The topological polar surface area (TPSA) is 18.5 Å². The highest BCUT2D eigenvalue weighted by Crippen LogP contribution is 2.52. The third-order valence-electron chi connectivity index (χ3n) is 13.5. The van der Waals surface area contributed by atoms with Crippen LogP contribution in [0.2, 0.25) is 0 Å². The van der Waals surface area contributed by atoms with Crippen molar-refractivity contribution in [1.82, 2.24) is 0 Å². The molecule has 0 saturated carbocycles. The van der Waals surface area contributed by atoms with Crippen LogP contribution in [0.1, 0.15) is 44.4 Å². The second-order valence-corrected chi connectivity index (χ2v) is 25.7. The summed E-state index contributed by atoms with van der Waals surface area (Å²) in [5, 5.41) is 11.9. The van der Waals surface area contributed by atoms with Gasteiger partial charge in [-0.25, -0.2) is 0 Å². The molecule has 2 aliphatic heterocycles. The first-order valence-corrected chi connectivity index (χ1v) is 28.4. The van der Waals surface area contributed by atoms with Crippen molar-refractivity contribution in [3.8, 4) is 17.2 Å². The molecular weight excluding hydrogens is 918 g/mol. The van der Waals surface area contributed by atoms with Crippen LogP contribution in [0.25, 0.3) is 5.57 Å². The van der Waals surface area contributed by atoms with Gasteiger partial charge in [-0.3, -0.25) is 0 Å². The lowest BCUT2D eigenvalue weighted by molar-refractivity contribution is 0.425. The molecule has 5 heteroatoms. The van der Waals surface area contributed by atoms with Crippen molar-refractivity contribution in [3.63, 3.8) is 0 Å². The van der Waals surface area contributed by atoms with E-state index in [9.17, 15) is 0 Å². The average molecular weight is 973 g/mol. The van der Waals surface area contributed by atoms with E-state index in [1.54, 1.807) is 0 Å². The zero-order chi connectivity index (χ0) is 48.4. The van der Waals surface area contributed by atoms with Crippen molar-refractivity contribution >= 4 is 77.1 Å². The van der Waals surface area contributed by atoms with Gasteiger partial charge >= 0.3 is 0 Å². The van der Waals surface area contributed by atoms with Gasteiger partial charge in [-0.15, -0.1) is 0 Å². The molecule has 0 spiro atoms. The molecule has 0 aromatic heterocycles. The number of para-hydroxylation sites is 2. The molecule has 0 atom stereocenters. The van der Waals surface area contributed by atoms with Gasteiger partial charge in [0.15, 0.2) is 0 Å². The predicted octanol–water partition coefficient (Wildman–Crippen LogP) is 13.3. The lowest BCUT2D eigenvalue weighted by atomic mass is 9.76. The van der Waals surface area contributed by atoms with E-state index in [-0.39, 0.29) is 10.8 Å². The Morgan fingerprint density at radius 2 is 0.718 bits per heavy atom. The minimum absolute atomic E-state index is 0.0244. The summed E-state index contributed by atoms with van der Waals surface area (Å²) >= 11 is 0. The number of rotatable bonds is 9. The lowest BCUT2D eigenvalue weighted by Crippen LogP contribution is -2.32. The highest BCUT2D eigenvalue weighted by molar-refractivity contribution is 7.80. The first-order valence-electron chi connectivity index (χ1n) is 24.3. The number of hydrogen-bond acceptors (Lipinski definition) is 2. The maximum atomic E-state index is 7.26. The standard InChI is InChI=1S/C39H32OP2.C27H23OP/c1-39(2)33-25-15-27-35(41(29-17-7-3-8-18-29)30-19-9-4-10-20-30)37(33)40-38-34(39)26-16-28-36(38)42(31-21-11-5-12-22-31)32-23-13-6-14-24-32;1-27(2)17-16-20-19-28-24-14-9-15-25(26(24)23(20)18-27)29(21-10-5-3-6-11-21)22-12-7-4-8-13-22/h3-28H,1-2H3;3-19H,1-2H3. The van der Waals surface area contributed by atoms with Gasteiger partial charge in [0.25, 0.3) is 0 Å². The van der Waals surface area contributed by atoms with E-state index < -0.39 is 23.8 Å². The Hall–Kier alpha value is -6.91. The molecule has 71 heavy (non-hydrogen) atoms. The number of benzene rings is 9. The Bertz CT molecular complexity index is 3150. The SMILES string of the molecule is CC1(C)C=CC2=COc3cccc(P(c4ccccc4)c4ccccc4)c3C2=C1.CC1(C)c2cccc(P(c3ccccc3)c3ccccc3)c2Oc2c(P(c3ccccc3)c3ccccc3)cccc21. The van der Waals surface area contributed by atoms with Crippen molar-refractivity contribution < 1.29 is 9.47 Å². The summed E-state index contributed by atoms with van der Waals surface area (Å²) < 4.78 is 13.3. The van der Waals surface area contributed by atoms with Crippen LogP contribution in [0.5, 0.6) is 17.2 Å². The summed E-state index contributed by atoms with van der Waals surface area (Å²) in [6.45, 7) is 9.20. The summed E-state index contributed by atoms with van der Waals surface area (Å²) in [6.07, 6.45) is 8.71. The minimum Gasteiger partial charge on any atom is -0.464 e. The molecule has 1 aliphatic carbocycles. The van der Waals surface area contributed by atoms with Gasteiger partial charge in [-0.05, 0) is 72.5 Å². The highest BCUT2D eigenvalue weighted by atomic mass is 31.1. The molecule has 0 fully saturated rings. The Balaban J connectivity index is 0.000000165. The van der Waals surface area contributed by atoms with Crippen LogP contribution < -0.4 is 57.2 Å². The van der Waals surface area contributed by atoms with Gasteiger partial charge in [0.2, 0.25) is 0 Å². The summed E-state index contributed by atoms with van der Waals surface area (Å²) in [7, 11) is -2.34. The van der Waals surface area contributed by atoms with E-state index >= 15 is 0 Å². The van der Waals surface area contributed by atoms with E-state index in [4.69, 9.17) is 9.47 Å². The van der Waals surface area contributed by atoms with Crippen molar-refractivity contribution in [2.45, 2.75) is 33.1 Å². The van der Waals surface area contributed by atoms with Crippen molar-refractivity contribution in [2.75, 3.05) is 0 Å². The third kappa shape index (κ3) is 9.30. The van der Waals surface area contributed by atoms with E-state index in [2.05, 4.69) is 283 Å². The van der Waals surface area contributed by atoms with Gasteiger partial charge < -0.3 is 9.47 Å². The normalized spacial score (nSPS) is 14.6. The van der Waals surface area contributed by atoms with Crippen LogP contribution in [0.3, 0.4) is 0 Å². The fraction of sp³-hybridized carbons (Fsp3) is 0.0909. The van der Waals surface area contributed by atoms with Crippen LogP contribution in [0.15, 0.2) is 267 Å². The summed E-state index contributed by atoms with van der Waals surface area (Å²) in [6, 6.07) is 85.4. The molecule has 9 aromatic carbocycles. The first kappa shape index (κ1) is 46.5. The first-order chi connectivity index (χ1) is 34.7. The molecule has 0 saturated heterocycles. The summed E-state index contributed by atoms with van der Waals surface area (Å²) in [5.74, 6) is 2.97. The van der Waals surface area contributed by atoms with Crippen LogP contribution in [0, 0.1) is 5.41 Å². The fourth-order valence-electron chi connectivity index (χ4n) is 10.0. The molecule has 2 heterocycles. The Morgan fingerprint density at radius 1 is 0.366 bits per heavy atom. The summed E-state index contributed by atoms with van der Waals surface area (Å²) in [5.41, 5.74) is 5.96. The molecule has 9 aromatic rings. The van der Waals surface area contributed by atoms with Crippen LogP contribution in [-0.2, 0) is 5.41 Å². The van der Waals surface area contributed by atoms with E-state index in [0.29, 0.717) is 0 Å². The van der Waals surface area contributed by atoms with Crippen molar-refractivity contribution in [3.05, 3.63) is 283 Å². The largest absolute Gasteiger partial charge is 0.464 e. The zero-order valence-corrected chi connectivity index (χ0v) is 43.2. The molecule has 12 rings (SSSR count).